The van der Waals surface area contributed by atoms with Gasteiger partial charge in [0.25, 0.3) is 0 Å². The first kappa shape index (κ1) is 13.8. The van der Waals surface area contributed by atoms with Crippen LogP contribution in [0.5, 0.6) is 0 Å². The van der Waals surface area contributed by atoms with Gasteiger partial charge in [-0.25, -0.2) is 0 Å². The van der Waals surface area contributed by atoms with Gasteiger partial charge in [-0.15, -0.1) is 0 Å². The van der Waals surface area contributed by atoms with Gasteiger partial charge in [0.15, 0.2) is 5.78 Å². The second kappa shape index (κ2) is 6.04. The topological polar surface area (TPSA) is 42.9 Å². The Kier molecular flexibility index (Phi) is 4.64. The molecule has 0 radical (unpaired) electrons. The number of ketones is 1. The summed E-state index contributed by atoms with van der Waals surface area (Å²) in [6.07, 6.45) is 5.24. The molecule has 0 aliphatic heterocycles. The third-order valence-corrected chi connectivity index (χ3v) is 3.67. The maximum Gasteiger partial charge on any atom is 0.186 e. The number of hydrogen-bond donors (Lipinski definition) is 0. The van der Waals surface area contributed by atoms with Crippen molar-refractivity contribution in [2.45, 2.75) is 6.42 Å². The van der Waals surface area contributed by atoms with E-state index in [1.54, 1.807) is 24.7 Å². The molecule has 0 bridgehead atoms. The maximum atomic E-state index is 12.1. The van der Waals surface area contributed by atoms with E-state index in [1.165, 1.54) is 0 Å². The van der Waals surface area contributed by atoms with E-state index in [2.05, 4.69) is 57.8 Å². The van der Waals surface area contributed by atoms with Crippen LogP contribution in [-0.2, 0) is 6.42 Å². The fourth-order valence-electron chi connectivity index (χ4n) is 1.44. The first-order chi connectivity index (χ1) is 8.56. The van der Waals surface area contributed by atoms with Crippen LogP contribution < -0.4 is 0 Å². The van der Waals surface area contributed by atoms with E-state index >= 15 is 0 Å². The van der Waals surface area contributed by atoms with Gasteiger partial charge in [-0.1, -0.05) is 0 Å². The van der Waals surface area contributed by atoms with Crippen molar-refractivity contribution in [1.29, 1.82) is 0 Å². The van der Waals surface area contributed by atoms with E-state index in [0.717, 1.165) is 14.5 Å². The predicted octanol–water partition coefficient (Wildman–Crippen LogP) is 4.19. The van der Waals surface area contributed by atoms with Gasteiger partial charge < -0.3 is 0 Å². The first-order valence-electron chi connectivity index (χ1n) is 5.00. The summed E-state index contributed by atoms with van der Waals surface area (Å²) in [4.78, 5) is 20.3. The Balaban J connectivity index is 2.22. The number of aromatic nitrogens is 2. The van der Waals surface area contributed by atoms with Crippen LogP contribution in [0, 0.1) is 0 Å². The summed E-state index contributed by atoms with van der Waals surface area (Å²) < 4.78 is 2.37. The number of pyridine rings is 2. The number of carbonyl (C=O) groups is 1. The molecule has 0 saturated heterocycles. The normalized spacial score (nSPS) is 10.4. The summed E-state index contributed by atoms with van der Waals surface area (Å²) >= 11 is 9.97. The number of Topliss-reactive ketones (excluding diaryl/α,β-unsaturated/α-hetero) is 1. The molecule has 0 fully saturated rings. The molecule has 0 N–H and O–H groups in total. The zero-order valence-electron chi connectivity index (χ0n) is 9.03. The highest BCUT2D eigenvalue weighted by Gasteiger charge is 2.13. The molecule has 0 spiro atoms. The monoisotopic (exact) mass is 432 g/mol. The minimum absolute atomic E-state index is 0.0470. The Morgan fingerprint density at radius 3 is 2.44 bits per heavy atom. The predicted molar refractivity (Wildman–Crippen MR) is 79.6 cm³/mol. The molecular weight excluding hydrogens is 428 g/mol. The third-order valence-electron chi connectivity index (χ3n) is 2.20. The smallest absolute Gasteiger partial charge is 0.186 e. The molecule has 3 nitrogen and oxygen atoms in total. The molecule has 0 amide bonds. The molecule has 2 aromatic heterocycles. The van der Waals surface area contributed by atoms with Gasteiger partial charge in [0, 0.05) is 38.4 Å². The standard InChI is InChI=1S/C12H7Br3N2O/c13-8-1-7(4-16-5-8)2-11(18)12-10(15)3-9(14)6-17-12/h1,3-6H,2H2. The van der Waals surface area contributed by atoms with Crippen LogP contribution in [0.4, 0.5) is 0 Å². The minimum Gasteiger partial charge on any atom is -0.292 e. The molecule has 0 saturated carbocycles. The zero-order valence-corrected chi connectivity index (χ0v) is 13.8. The molecule has 2 aromatic rings. The number of rotatable bonds is 3. The van der Waals surface area contributed by atoms with Gasteiger partial charge in [0.05, 0.1) is 0 Å². The van der Waals surface area contributed by atoms with Gasteiger partial charge in [0.2, 0.25) is 0 Å². The average molecular weight is 435 g/mol. The van der Waals surface area contributed by atoms with Crippen LogP contribution in [-0.4, -0.2) is 15.8 Å². The molecule has 0 aliphatic rings. The second-order valence-corrected chi connectivity index (χ2v) is 6.28. The molecule has 6 heteroatoms. The van der Waals surface area contributed by atoms with Crippen molar-refractivity contribution in [1.82, 2.24) is 9.97 Å². The minimum atomic E-state index is -0.0470. The maximum absolute atomic E-state index is 12.1. The largest absolute Gasteiger partial charge is 0.292 e. The molecule has 18 heavy (non-hydrogen) atoms. The highest BCUT2D eigenvalue weighted by Crippen LogP contribution is 2.21. The Hall–Kier alpha value is -0.590. The molecule has 0 aromatic carbocycles. The number of nitrogens with zero attached hydrogens (tertiary/aromatic N) is 2. The van der Waals surface area contributed by atoms with Crippen molar-refractivity contribution in [2.24, 2.45) is 0 Å². The Bertz CT molecular complexity index is 602. The van der Waals surface area contributed by atoms with Gasteiger partial charge >= 0.3 is 0 Å². The Morgan fingerprint density at radius 1 is 1.06 bits per heavy atom. The van der Waals surface area contributed by atoms with Gasteiger partial charge in [-0.3, -0.25) is 14.8 Å². The van der Waals surface area contributed by atoms with Crippen LogP contribution in [0.1, 0.15) is 16.1 Å². The van der Waals surface area contributed by atoms with Crippen LogP contribution in [0.2, 0.25) is 0 Å². The number of carbonyl (C=O) groups excluding carboxylic acids is 1. The van der Waals surface area contributed by atoms with Gasteiger partial charge in [-0.2, -0.15) is 0 Å². The quantitative estimate of drug-likeness (QED) is 0.680. The molecule has 0 atom stereocenters. The summed E-state index contributed by atoms with van der Waals surface area (Å²) in [7, 11) is 0. The van der Waals surface area contributed by atoms with Crippen molar-refractivity contribution in [3.8, 4) is 0 Å². The van der Waals surface area contributed by atoms with Gasteiger partial charge in [-0.05, 0) is 65.5 Å². The van der Waals surface area contributed by atoms with Crippen molar-refractivity contribution in [3.63, 3.8) is 0 Å². The fraction of sp³-hybridized carbons (Fsp3) is 0.0833. The van der Waals surface area contributed by atoms with Crippen molar-refractivity contribution in [2.75, 3.05) is 0 Å². The summed E-state index contributed by atoms with van der Waals surface area (Å²) in [5.41, 5.74) is 1.28. The molecule has 0 aliphatic carbocycles. The number of halogens is 3. The fourth-order valence-corrected chi connectivity index (χ4v) is 3.06. The van der Waals surface area contributed by atoms with Crippen LogP contribution in [0.3, 0.4) is 0 Å². The molecule has 2 heterocycles. The van der Waals surface area contributed by atoms with Crippen molar-refractivity contribution < 1.29 is 4.79 Å². The summed E-state index contributed by atoms with van der Waals surface area (Å²) in [5, 5.41) is 0. The Labute approximate surface area is 129 Å². The highest BCUT2D eigenvalue weighted by atomic mass is 79.9. The van der Waals surface area contributed by atoms with Crippen LogP contribution >= 0.6 is 47.8 Å². The van der Waals surface area contributed by atoms with Crippen LogP contribution in [0.25, 0.3) is 0 Å². The van der Waals surface area contributed by atoms with Crippen LogP contribution in [0.15, 0.2) is 44.1 Å². The lowest BCUT2D eigenvalue weighted by molar-refractivity contribution is 0.0987. The van der Waals surface area contributed by atoms with Gasteiger partial charge in [0.1, 0.15) is 5.69 Å². The van der Waals surface area contributed by atoms with E-state index in [0.29, 0.717) is 10.2 Å². The number of hydrogen-bond acceptors (Lipinski definition) is 3. The van der Waals surface area contributed by atoms with E-state index in [9.17, 15) is 4.79 Å². The second-order valence-electron chi connectivity index (χ2n) is 3.60. The third kappa shape index (κ3) is 3.46. The molecule has 92 valence electrons. The van der Waals surface area contributed by atoms with E-state index in [1.807, 2.05) is 6.07 Å². The summed E-state index contributed by atoms with van der Waals surface area (Å²) in [5.74, 6) is -0.0470. The lowest BCUT2D eigenvalue weighted by Gasteiger charge is -2.03. The highest BCUT2D eigenvalue weighted by molar-refractivity contribution is 9.11. The van der Waals surface area contributed by atoms with Crippen molar-refractivity contribution in [3.05, 3.63) is 55.4 Å². The van der Waals surface area contributed by atoms with Crippen molar-refractivity contribution >= 4 is 53.6 Å². The SMILES string of the molecule is O=C(Cc1cncc(Br)c1)c1ncc(Br)cc1Br. The summed E-state index contributed by atoms with van der Waals surface area (Å²) in [6, 6.07) is 3.68. The average Bonchev–Trinajstić information content (AvgIpc) is 2.28. The molecular formula is C12H7Br3N2O. The lowest BCUT2D eigenvalue weighted by Crippen LogP contribution is -2.07. The zero-order chi connectivity index (χ0) is 13.1. The molecule has 0 unspecified atom stereocenters. The Morgan fingerprint density at radius 2 is 1.78 bits per heavy atom. The lowest BCUT2D eigenvalue weighted by atomic mass is 10.1. The first-order valence-corrected chi connectivity index (χ1v) is 7.38. The summed E-state index contributed by atoms with van der Waals surface area (Å²) in [6.45, 7) is 0. The van der Waals surface area contributed by atoms with E-state index in [-0.39, 0.29) is 12.2 Å². The molecule has 2 rings (SSSR count). The van der Waals surface area contributed by atoms with E-state index < -0.39 is 0 Å². The van der Waals surface area contributed by atoms with E-state index in [4.69, 9.17) is 0 Å².